The molecule has 1 aromatic carbocycles. The van der Waals surface area contributed by atoms with Gasteiger partial charge in [0.25, 0.3) is 5.91 Å². The Labute approximate surface area is 169 Å². The molecule has 3 rings (SSSR count). The standard InChI is InChI=1S/C19H24ClN3O4S/c1-12(2)17(10-24)21-19(25)16-9-18(13-3-5-14(20)6-4-13)23(22-16)15-7-8-28(26,27)11-15/h3-6,9,12,15,17,24H,7-8,10-11H2,1-2H3,(H,21,25). The largest absolute Gasteiger partial charge is 0.394 e. The Morgan fingerprint density at radius 3 is 2.57 bits per heavy atom. The van der Waals surface area contributed by atoms with Crippen molar-refractivity contribution in [1.82, 2.24) is 15.1 Å². The Balaban J connectivity index is 1.98. The number of nitrogens with zero attached hydrogens (tertiary/aromatic N) is 2. The highest BCUT2D eigenvalue weighted by Gasteiger charge is 2.32. The van der Waals surface area contributed by atoms with Gasteiger partial charge in [-0.1, -0.05) is 37.6 Å². The smallest absolute Gasteiger partial charge is 0.272 e. The summed E-state index contributed by atoms with van der Waals surface area (Å²) in [6.45, 7) is 3.64. The number of aromatic nitrogens is 2. The molecule has 1 amide bonds. The van der Waals surface area contributed by atoms with Crippen molar-refractivity contribution in [3.05, 3.63) is 41.0 Å². The lowest BCUT2D eigenvalue weighted by Crippen LogP contribution is -2.41. The summed E-state index contributed by atoms with van der Waals surface area (Å²) in [4.78, 5) is 12.7. The zero-order valence-electron chi connectivity index (χ0n) is 15.8. The highest BCUT2D eigenvalue weighted by molar-refractivity contribution is 7.91. The maximum absolute atomic E-state index is 12.7. The zero-order valence-corrected chi connectivity index (χ0v) is 17.4. The molecule has 2 heterocycles. The van der Waals surface area contributed by atoms with Crippen molar-refractivity contribution in [3.8, 4) is 11.3 Å². The van der Waals surface area contributed by atoms with E-state index in [1.54, 1.807) is 22.9 Å². The molecule has 1 aliphatic heterocycles. The first-order chi connectivity index (χ1) is 13.2. The van der Waals surface area contributed by atoms with Crippen LogP contribution in [0.25, 0.3) is 11.3 Å². The van der Waals surface area contributed by atoms with Crippen LogP contribution < -0.4 is 5.32 Å². The molecular weight excluding hydrogens is 402 g/mol. The van der Waals surface area contributed by atoms with Gasteiger partial charge in [-0.3, -0.25) is 9.48 Å². The van der Waals surface area contributed by atoms with Crippen molar-refractivity contribution in [2.24, 2.45) is 5.92 Å². The summed E-state index contributed by atoms with van der Waals surface area (Å²) in [6.07, 6.45) is 0.455. The summed E-state index contributed by atoms with van der Waals surface area (Å²) < 4.78 is 25.5. The van der Waals surface area contributed by atoms with Crippen molar-refractivity contribution in [1.29, 1.82) is 0 Å². The second-order valence-corrected chi connectivity index (χ2v) is 10.1. The van der Waals surface area contributed by atoms with Crippen LogP contribution in [0.15, 0.2) is 30.3 Å². The number of benzene rings is 1. The number of sulfone groups is 1. The molecule has 2 atom stereocenters. The van der Waals surface area contributed by atoms with Gasteiger partial charge in [0.15, 0.2) is 15.5 Å². The van der Waals surface area contributed by atoms with Gasteiger partial charge in [0.05, 0.1) is 35.9 Å². The summed E-state index contributed by atoms with van der Waals surface area (Å²) >= 11 is 5.97. The number of carbonyl (C=O) groups is 1. The van der Waals surface area contributed by atoms with Crippen LogP contribution in [0.5, 0.6) is 0 Å². The van der Waals surface area contributed by atoms with E-state index in [-0.39, 0.29) is 41.8 Å². The number of hydrogen-bond acceptors (Lipinski definition) is 5. The van der Waals surface area contributed by atoms with Gasteiger partial charge in [-0.15, -0.1) is 0 Å². The van der Waals surface area contributed by atoms with Crippen molar-refractivity contribution < 1.29 is 18.3 Å². The number of halogens is 1. The number of rotatable bonds is 6. The van der Waals surface area contributed by atoms with Crippen molar-refractivity contribution in [3.63, 3.8) is 0 Å². The summed E-state index contributed by atoms with van der Waals surface area (Å²) in [5.74, 6) is -0.227. The normalized spacial score (nSPS) is 19.7. The minimum absolute atomic E-state index is 0.00158. The molecule has 2 N–H and O–H groups in total. The van der Waals surface area contributed by atoms with E-state index in [4.69, 9.17) is 11.6 Å². The topological polar surface area (TPSA) is 101 Å². The Kier molecular flexibility index (Phi) is 6.12. The van der Waals surface area contributed by atoms with Crippen molar-refractivity contribution in [2.45, 2.75) is 32.4 Å². The molecule has 2 aromatic rings. The van der Waals surface area contributed by atoms with E-state index in [2.05, 4.69) is 10.4 Å². The number of nitrogens with one attached hydrogen (secondary N) is 1. The Morgan fingerprint density at radius 2 is 2.04 bits per heavy atom. The van der Waals surface area contributed by atoms with E-state index >= 15 is 0 Å². The molecule has 152 valence electrons. The molecular formula is C19H24ClN3O4S. The lowest BCUT2D eigenvalue weighted by molar-refractivity contribution is 0.0890. The fourth-order valence-electron chi connectivity index (χ4n) is 3.25. The Bertz CT molecular complexity index is 954. The number of hydrogen-bond donors (Lipinski definition) is 2. The minimum atomic E-state index is -3.11. The highest BCUT2D eigenvalue weighted by atomic mass is 35.5. The molecule has 0 saturated carbocycles. The first-order valence-electron chi connectivity index (χ1n) is 9.18. The quantitative estimate of drug-likeness (QED) is 0.739. The molecule has 1 aliphatic rings. The molecule has 0 spiro atoms. The summed E-state index contributed by atoms with van der Waals surface area (Å²) in [7, 11) is -3.11. The van der Waals surface area contributed by atoms with Crippen LogP contribution in [0.3, 0.4) is 0 Å². The Morgan fingerprint density at radius 1 is 1.36 bits per heavy atom. The lowest BCUT2D eigenvalue weighted by Gasteiger charge is -2.19. The predicted molar refractivity (Wildman–Crippen MR) is 108 cm³/mol. The van der Waals surface area contributed by atoms with Gasteiger partial charge in [0.2, 0.25) is 0 Å². The summed E-state index contributed by atoms with van der Waals surface area (Å²) in [6, 6.07) is 8.04. The van der Waals surface area contributed by atoms with E-state index < -0.39 is 15.7 Å². The SMILES string of the molecule is CC(C)C(CO)NC(=O)c1cc(-c2ccc(Cl)cc2)n(C2CCS(=O)(=O)C2)n1. The lowest BCUT2D eigenvalue weighted by atomic mass is 10.1. The van der Waals surface area contributed by atoms with Gasteiger partial charge in [0.1, 0.15) is 0 Å². The van der Waals surface area contributed by atoms with Crippen LogP contribution in [0, 0.1) is 5.92 Å². The number of aliphatic hydroxyl groups is 1. The van der Waals surface area contributed by atoms with Crippen LogP contribution in [0.2, 0.25) is 5.02 Å². The third-order valence-corrected chi connectivity index (χ3v) is 6.98. The van der Waals surface area contributed by atoms with Gasteiger partial charge >= 0.3 is 0 Å². The van der Waals surface area contributed by atoms with Crippen LogP contribution in [-0.2, 0) is 9.84 Å². The molecule has 28 heavy (non-hydrogen) atoms. The maximum Gasteiger partial charge on any atom is 0.272 e. The van der Waals surface area contributed by atoms with Crippen LogP contribution in [0.4, 0.5) is 0 Å². The fraction of sp³-hybridized carbons (Fsp3) is 0.474. The molecule has 1 aromatic heterocycles. The first kappa shape index (κ1) is 20.8. The van der Waals surface area contributed by atoms with Crippen LogP contribution >= 0.6 is 11.6 Å². The van der Waals surface area contributed by atoms with E-state index in [0.29, 0.717) is 17.1 Å². The molecule has 9 heteroatoms. The summed E-state index contributed by atoms with van der Waals surface area (Å²) in [5, 5.41) is 17.3. The molecule has 0 radical (unpaired) electrons. The van der Waals surface area contributed by atoms with Gasteiger partial charge in [-0.2, -0.15) is 5.10 Å². The monoisotopic (exact) mass is 425 g/mol. The maximum atomic E-state index is 12.7. The molecule has 0 bridgehead atoms. The fourth-order valence-corrected chi connectivity index (χ4v) is 5.07. The second-order valence-electron chi connectivity index (χ2n) is 7.43. The van der Waals surface area contributed by atoms with Gasteiger partial charge < -0.3 is 10.4 Å². The molecule has 1 saturated heterocycles. The predicted octanol–water partition coefficient (Wildman–Crippen LogP) is 2.31. The average molecular weight is 426 g/mol. The number of amides is 1. The zero-order chi connectivity index (χ0) is 20.5. The van der Waals surface area contributed by atoms with Crippen molar-refractivity contribution >= 4 is 27.3 Å². The molecule has 7 nitrogen and oxygen atoms in total. The Hall–Kier alpha value is -1.90. The minimum Gasteiger partial charge on any atom is -0.394 e. The number of aliphatic hydroxyl groups excluding tert-OH is 1. The average Bonchev–Trinajstić information content (AvgIpc) is 3.23. The molecule has 2 unspecified atom stereocenters. The third kappa shape index (κ3) is 4.56. The van der Waals surface area contributed by atoms with Gasteiger partial charge in [-0.05, 0) is 36.1 Å². The summed E-state index contributed by atoms with van der Waals surface area (Å²) in [5.41, 5.74) is 1.64. The first-order valence-corrected chi connectivity index (χ1v) is 11.4. The van der Waals surface area contributed by atoms with E-state index in [0.717, 1.165) is 5.56 Å². The van der Waals surface area contributed by atoms with E-state index in [1.807, 2.05) is 26.0 Å². The van der Waals surface area contributed by atoms with Crippen LogP contribution in [0.1, 0.15) is 36.8 Å². The second kappa shape index (κ2) is 8.23. The van der Waals surface area contributed by atoms with E-state index in [9.17, 15) is 18.3 Å². The third-order valence-electron chi connectivity index (χ3n) is 4.98. The molecule has 1 fully saturated rings. The molecule has 0 aliphatic carbocycles. The van der Waals surface area contributed by atoms with Gasteiger partial charge in [0, 0.05) is 5.02 Å². The number of carbonyl (C=O) groups excluding carboxylic acids is 1. The van der Waals surface area contributed by atoms with Gasteiger partial charge in [-0.25, -0.2) is 8.42 Å². The van der Waals surface area contributed by atoms with Crippen LogP contribution in [-0.4, -0.2) is 53.4 Å². The highest BCUT2D eigenvalue weighted by Crippen LogP contribution is 2.30. The van der Waals surface area contributed by atoms with E-state index in [1.165, 1.54) is 0 Å². The van der Waals surface area contributed by atoms with Crippen molar-refractivity contribution in [2.75, 3.05) is 18.1 Å².